The zero-order valence-corrected chi connectivity index (χ0v) is 10.7. The number of hydrogen-bond donors (Lipinski definition) is 1. The van der Waals surface area contributed by atoms with E-state index in [-0.39, 0.29) is 5.91 Å². The van der Waals surface area contributed by atoms with Crippen molar-refractivity contribution >= 4 is 33.2 Å². The van der Waals surface area contributed by atoms with E-state index in [2.05, 4.69) is 26.2 Å². The lowest BCUT2D eigenvalue weighted by Gasteiger charge is -2.03. The van der Waals surface area contributed by atoms with Gasteiger partial charge in [-0.3, -0.25) is 9.78 Å². The molecule has 0 aliphatic carbocycles. The van der Waals surface area contributed by atoms with E-state index in [1.54, 1.807) is 23.8 Å². The number of carbonyl (C=O) groups excluding carboxylic acids is 1. The monoisotopic (exact) mass is 296 g/mol. The molecule has 0 fully saturated rings. The molecule has 1 N–H and O–H groups in total. The molecule has 0 unspecified atom stereocenters. The minimum Gasteiger partial charge on any atom is -0.347 e. The van der Waals surface area contributed by atoms with Crippen molar-refractivity contribution in [3.63, 3.8) is 0 Å². The Kier molecular flexibility index (Phi) is 3.69. The van der Waals surface area contributed by atoms with Crippen molar-refractivity contribution in [1.82, 2.24) is 10.3 Å². The lowest BCUT2D eigenvalue weighted by atomic mass is 10.2. The van der Waals surface area contributed by atoms with Crippen LogP contribution in [0.1, 0.15) is 15.2 Å². The van der Waals surface area contributed by atoms with Crippen molar-refractivity contribution in [2.45, 2.75) is 6.54 Å². The Bertz CT molecular complexity index is 467. The van der Waals surface area contributed by atoms with E-state index in [4.69, 9.17) is 0 Å². The second-order valence-electron chi connectivity index (χ2n) is 3.16. The van der Waals surface area contributed by atoms with Gasteiger partial charge in [-0.1, -0.05) is 15.9 Å². The Morgan fingerprint density at radius 3 is 2.75 bits per heavy atom. The van der Waals surface area contributed by atoms with Crippen LogP contribution in [0.25, 0.3) is 0 Å². The topological polar surface area (TPSA) is 42.0 Å². The molecule has 1 aromatic carbocycles. The minimum absolute atomic E-state index is 0.0686. The van der Waals surface area contributed by atoms with Gasteiger partial charge in [-0.25, -0.2) is 0 Å². The summed E-state index contributed by atoms with van der Waals surface area (Å²) >= 11 is 4.86. The number of hydrogen-bond acceptors (Lipinski definition) is 3. The van der Waals surface area contributed by atoms with E-state index in [1.165, 1.54) is 11.3 Å². The van der Waals surface area contributed by atoms with Crippen LogP contribution in [0.2, 0.25) is 0 Å². The Morgan fingerprint density at radius 1 is 1.38 bits per heavy atom. The Morgan fingerprint density at radius 2 is 2.12 bits per heavy atom. The maximum Gasteiger partial charge on any atom is 0.251 e. The van der Waals surface area contributed by atoms with E-state index >= 15 is 0 Å². The second kappa shape index (κ2) is 5.23. The number of rotatable bonds is 3. The Hall–Kier alpha value is -1.20. The summed E-state index contributed by atoms with van der Waals surface area (Å²) in [4.78, 5) is 16.7. The van der Waals surface area contributed by atoms with Crippen molar-refractivity contribution < 1.29 is 4.79 Å². The molecule has 0 aliphatic heterocycles. The van der Waals surface area contributed by atoms with Crippen LogP contribution in [0, 0.1) is 0 Å². The molecule has 0 aliphatic rings. The van der Waals surface area contributed by atoms with Crippen molar-refractivity contribution in [3.8, 4) is 0 Å². The Balaban J connectivity index is 1.95. The molecule has 1 heterocycles. The summed E-state index contributed by atoms with van der Waals surface area (Å²) < 4.78 is 0.964. The van der Waals surface area contributed by atoms with Crippen LogP contribution in [0.15, 0.2) is 40.4 Å². The quantitative estimate of drug-likeness (QED) is 0.946. The highest BCUT2D eigenvalue weighted by atomic mass is 79.9. The smallest absolute Gasteiger partial charge is 0.251 e. The molecule has 82 valence electrons. The van der Waals surface area contributed by atoms with Crippen LogP contribution >= 0.6 is 27.3 Å². The number of carbonyl (C=O) groups is 1. The van der Waals surface area contributed by atoms with Gasteiger partial charge >= 0.3 is 0 Å². The summed E-state index contributed by atoms with van der Waals surface area (Å²) in [7, 11) is 0. The molecule has 0 bridgehead atoms. The van der Waals surface area contributed by atoms with Gasteiger partial charge in [-0.2, -0.15) is 0 Å². The van der Waals surface area contributed by atoms with Crippen molar-refractivity contribution in [1.29, 1.82) is 0 Å². The van der Waals surface area contributed by atoms with Crippen LogP contribution < -0.4 is 5.32 Å². The van der Waals surface area contributed by atoms with Gasteiger partial charge in [-0.15, -0.1) is 11.3 Å². The van der Waals surface area contributed by atoms with Crippen LogP contribution in [0.5, 0.6) is 0 Å². The van der Waals surface area contributed by atoms with E-state index in [0.717, 1.165) is 9.35 Å². The normalized spacial score (nSPS) is 10.1. The predicted molar refractivity (Wildman–Crippen MR) is 67.4 cm³/mol. The third kappa shape index (κ3) is 2.90. The highest BCUT2D eigenvalue weighted by Gasteiger charge is 2.04. The first-order valence-corrected chi connectivity index (χ1v) is 6.34. The molecule has 1 aromatic heterocycles. The van der Waals surface area contributed by atoms with Crippen LogP contribution in [0.4, 0.5) is 0 Å². The first kappa shape index (κ1) is 11.3. The number of nitrogens with one attached hydrogen (secondary N) is 1. The van der Waals surface area contributed by atoms with Crippen molar-refractivity contribution in [2.24, 2.45) is 0 Å². The summed E-state index contributed by atoms with van der Waals surface area (Å²) in [5.41, 5.74) is 2.41. The van der Waals surface area contributed by atoms with Gasteiger partial charge in [0, 0.05) is 21.1 Å². The predicted octanol–water partition coefficient (Wildman–Crippen LogP) is 2.84. The van der Waals surface area contributed by atoms with Gasteiger partial charge in [0.15, 0.2) is 0 Å². The molecule has 0 spiro atoms. The molecule has 0 radical (unpaired) electrons. The zero-order chi connectivity index (χ0) is 11.4. The average Bonchev–Trinajstić information content (AvgIpc) is 2.80. The minimum atomic E-state index is -0.0686. The second-order valence-corrected chi connectivity index (χ2v) is 5.04. The van der Waals surface area contributed by atoms with E-state index in [1.807, 2.05) is 12.1 Å². The molecular weight excluding hydrogens is 288 g/mol. The molecule has 3 nitrogen and oxygen atoms in total. The third-order valence-electron chi connectivity index (χ3n) is 2.01. The molecule has 5 heteroatoms. The van der Waals surface area contributed by atoms with Gasteiger partial charge in [0.1, 0.15) is 0 Å². The molecule has 16 heavy (non-hydrogen) atoms. The summed E-state index contributed by atoms with van der Waals surface area (Å²) in [5, 5.41) is 2.84. The number of halogens is 1. The average molecular weight is 297 g/mol. The number of aromatic nitrogens is 1. The fourth-order valence-corrected chi connectivity index (χ4v) is 2.00. The molecule has 2 aromatic rings. The van der Waals surface area contributed by atoms with E-state index in [0.29, 0.717) is 12.1 Å². The summed E-state index contributed by atoms with van der Waals surface area (Å²) in [5.74, 6) is -0.0686. The van der Waals surface area contributed by atoms with Gasteiger partial charge in [0.25, 0.3) is 5.91 Å². The number of amides is 1. The van der Waals surface area contributed by atoms with Crippen LogP contribution in [-0.4, -0.2) is 10.9 Å². The van der Waals surface area contributed by atoms with Gasteiger partial charge in [0.05, 0.1) is 12.1 Å². The molecule has 0 saturated carbocycles. The van der Waals surface area contributed by atoms with E-state index < -0.39 is 0 Å². The van der Waals surface area contributed by atoms with E-state index in [9.17, 15) is 4.79 Å². The van der Waals surface area contributed by atoms with Crippen molar-refractivity contribution in [2.75, 3.05) is 0 Å². The fourth-order valence-electron chi connectivity index (χ4n) is 1.20. The van der Waals surface area contributed by atoms with Gasteiger partial charge in [0.2, 0.25) is 0 Å². The molecule has 2 rings (SSSR count). The number of nitrogens with zero attached hydrogens (tertiary/aromatic N) is 1. The Labute approximate surface area is 106 Å². The summed E-state index contributed by atoms with van der Waals surface area (Å²) in [6, 6.07) is 7.27. The molecule has 0 saturated heterocycles. The fraction of sp³-hybridized carbons (Fsp3) is 0.0909. The highest BCUT2D eigenvalue weighted by molar-refractivity contribution is 9.10. The maximum atomic E-state index is 11.7. The number of benzene rings is 1. The summed E-state index contributed by atoms with van der Waals surface area (Å²) in [6.07, 6.45) is 1.76. The van der Waals surface area contributed by atoms with Crippen LogP contribution in [-0.2, 0) is 6.54 Å². The SMILES string of the molecule is O=C(NCc1cncs1)c1ccc(Br)cc1. The molecule has 0 atom stereocenters. The largest absolute Gasteiger partial charge is 0.347 e. The highest BCUT2D eigenvalue weighted by Crippen LogP contribution is 2.11. The zero-order valence-electron chi connectivity index (χ0n) is 8.31. The standard InChI is InChI=1S/C11H9BrN2OS/c12-9-3-1-8(2-4-9)11(15)14-6-10-5-13-7-16-10/h1-5,7H,6H2,(H,14,15). The van der Waals surface area contributed by atoms with Gasteiger partial charge < -0.3 is 5.32 Å². The van der Waals surface area contributed by atoms with Gasteiger partial charge in [-0.05, 0) is 24.3 Å². The lowest BCUT2D eigenvalue weighted by Crippen LogP contribution is -2.22. The molecule has 1 amide bonds. The van der Waals surface area contributed by atoms with Crippen molar-refractivity contribution in [3.05, 3.63) is 50.9 Å². The maximum absolute atomic E-state index is 11.7. The lowest BCUT2D eigenvalue weighted by molar-refractivity contribution is 0.0951. The first-order chi connectivity index (χ1) is 7.75. The molecular formula is C11H9BrN2OS. The van der Waals surface area contributed by atoms with Crippen LogP contribution in [0.3, 0.4) is 0 Å². The third-order valence-corrected chi connectivity index (χ3v) is 3.32. The summed E-state index contributed by atoms with van der Waals surface area (Å²) in [6.45, 7) is 0.527. The number of thiazole rings is 1. The first-order valence-electron chi connectivity index (χ1n) is 4.67.